The molecule has 158 valence electrons. The Morgan fingerprint density at radius 3 is 2.57 bits per heavy atom. The van der Waals surface area contributed by atoms with Crippen LogP contribution in [0.5, 0.6) is 5.75 Å². The maximum atomic E-state index is 13.0. The van der Waals surface area contributed by atoms with E-state index in [2.05, 4.69) is 15.9 Å². The number of aliphatic hydroxyl groups is 1. The molecule has 2 aromatic carbocycles. The molecule has 0 aromatic heterocycles. The van der Waals surface area contributed by atoms with Crippen molar-refractivity contribution in [1.29, 1.82) is 0 Å². The quantitative estimate of drug-likeness (QED) is 0.373. The fourth-order valence-corrected chi connectivity index (χ4v) is 4.09. The van der Waals surface area contributed by atoms with Gasteiger partial charge >= 0.3 is 0 Å². The van der Waals surface area contributed by atoms with Crippen LogP contribution in [-0.4, -0.2) is 60.9 Å². The first-order valence-electron chi connectivity index (χ1n) is 9.27. The van der Waals surface area contributed by atoms with Crippen LogP contribution in [0.3, 0.4) is 0 Å². The van der Waals surface area contributed by atoms with Crippen LogP contribution >= 0.6 is 27.5 Å². The minimum atomic E-state index is -0.719. The number of carbonyl (C=O) groups is 2. The maximum absolute atomic E-state index is 13.0. The Hall–Kier alpha value is -2.35. The summed E-state index contributed by atoms with van der Waals surface area (Å²) in [4.78, 5) is 29.2. The highest BCUT2D eigenvalue weighted by molar-refractivity contribution is 9.10. The summed E-state index contributed by atoms with van der Waals surface area (Å²) in [5.74, 6) is -1.18. The number of likely N-dealkylation sites (tertiary alicyclic amines) is 1. The van der Waals surface area contributed by atoms with Crippen LogP contribution in [0.25, 0.3) is 5.76 Å². The molecule has 0 bridgehead atoms. The van der Waals surface area contributed by atoms with Gasteiger partial charge < -0.3 is 19.6 Å². The van der Waals surface area contributed by atoms with Gasteiger partial charge in [-0.1, -0.05) is 39.7 Å². The van der Waals surface area contributed by atoms with Crippen LogP contribution in [0, 0.1) is 0 Å². The second-order valence-corrected chi connectivity index (χ2v) is 8.52. The molecule has 0 spiro atoms. The third-order valence-electron chi connectivity index (χ3n) is 4.92. The van der Waals surface area contributed by atoms with Crippen LogP contribution in [-0.2, 0) is 9.59 Å². The van der Waals surface area contributed by atoms with Gasteiger partial charge in [0.05, 0.1) is 23.7 Å². The molecule has 1 aliphatic rings. The molecule has 3 rings (SSSR count). The second-order valence-electron chi connectivity index (χ2n) is 7.20. The lowest BCUT2D eigenvalue weighted by atomic mass is 9.95. The van der Waals surface area contributed by atoms with Gasteiger partial charge in [-0.25, -0.2) is 0 Å². The van der Waals surface area contributed by atoms with E-state index in [0.717, 1.165) is 10.0 Å². The average Bonchev–Trinajstić information content (AvgIpc) is 2.96. The summed E-state index contributed by atoms with van der Waals surface area (Å²) in [7, 11) is 5.28. The molecule has 1 unspecified atom stereocenters. The number of nitrogens with zero attached hydrogens (tertiary/aromatic N) is 2. The monoisotopic (exact) mass is 492 g/mol. The fourth-order valence-electron chi connectivity index (χ4n) is 3.41. The molecule has 1 saturated heterocycles. The molecule has 1 heterocycles. The Bertz CT molecular complexity index is 1020. The lowest BCUT2D eigenvalue weighted by Crippen LogP contribution is -2.35. The highest BCUT2D eigenvalue weighted by Gasteiger charge is 2.45. The van der Waals surface area contributed by atoms with E-state index in [1.165, 1.54) is 18.1 Å². The standard InChI is InChI=1S/C22H22BrClN2O4/c1-25(2)9-10-26-19(13-5-4-6-15(23)11-13)18(21(28)22(26)29)20(27)14-7-8-17(30-3)16(24)12-14/h4-8,11-12,19,27H,9-10H2,1-3H3. The largest absolute Gasteiger partial charge is 0.507 e. The molecule has 0 saturated carbocycles. The number of hydrogen-bond donors (Lipinski definition) is 1. The van der Waals surface area contributed by atoms with E-state index in [1.807, 2.05) is 43.3 Å². The molecule has 0 aliphatic carbocycles. The molecule has 2 aromatic rings. The Labute approximate surface area is 188 Å². The van der Waals surface area contributed by atoms with E-state index in [4.69, 9.17) is 16.3 Å². The van der Waals surface area contributed by atoms with E-state index in [-0.39, 0.29) is 11.3 Å². The first kappa shape index (κ1) is 22.3. The predicted molar refractivity (Wildman–Crippen MR) is 120 cm³/mol. The first-order chi connectivity index (χ1) is 14.2. The third-order valence-corrected chi connectivity index (χ3v) is 5.71. The van der Waals surface area contributed by atoms with Gasteiger partial charge in [0.2, 0.25) is 0 Å². The number of ketones is 1. The van der Waals surface area contributed by atoms with Gasteiger partial charge in [-0.15, -0.1) is 0 Å². The summed E-state index contributed by atoms with van der Waals surface area (Å²) in [6.45, 7) is 0.917. The zero-order valence-corrected chi connectivity index (χ0v) is 19.2. The molecule has 1 aliphatic heterocycles. The molecule has 1 atom stereocenters. The van der Waals surface area contributed by atoms with Crippen LogP contribution in [0.15, 0.2) is 52.5 Å². The van der Waals surface area contributed by atoms with Crippen molar-refractivity contribution < 1.29 is 19.4 Å². The number of aliphatic hydroxyl groups excluding tert-OH is 1. The van der Waals surface area contributed by atoms with Crippen LogP contribution in [0.4, 0.5) is 0 Å². The molecular weight excluding hydrogens is 472 g/mol. The molecule has 30 heavy (non-hydrogen) atoms. The van der Waals surface area contributed by atoms with Crippen molar-refractivity contribution in [1.82, 2.24) is 9.80 Å². The Balaban J connectivity index is 2.16. The smallest absolute Gasteiger partial charge is 0.295 e. The van der Waals surface area contributed by atoms with Crippen molar-refractivity contribution in [3.63, 3.8) is 0 Å². The van der Waals surface area contributed by atoms with Crippen molar-refractivity contribution in [3.05, 3.63) is 68.7 Å². The van der Waals surface area contributed by atoms with Gasteiger partial charge in [-0.2, -0.15) is 0 Å². The lowest BCUT2D eigenvalue weighted by Gasteiger charge is -2.26. The van der Waals surface area contributed by atoms with Crippen molar-refractivity contribution in [2.45, 2.75) is 6.04 Å². The molecule has 1 amide bonds. The van der Waals surface area contributed by atoms with Crippen molar-refractivity contribution in [2.75, 3.05) is 34.3 Å². The molecule has 1 N–H and O–H groups in total. The summed E-state index contributed by atoms with van der Waals surface area (Å²) >= 11 is 9.64. The van der Waals surface area contributed by atoms with E-state index < -0.39 is 17.7 Å². The van der Waals surface area contributed by atoms with Gasteiger partial charge in [0.1, 0.15) is 11.5 Å². The van der Waals surface area contributed by atoms with Crippen molar-refractivity contribution in [3.8, 4) is 5.75 Å². The minimum absolute atomic E-state index is 0.0399. The zero-order valence-electron chi connectivity index (χ0n) is 16.9. The topological polar surface area (TPSA) is 70.1 Å². The van der Waals surface area contributed by atoms with Crippen molar-refractivity contribution in [2.24, 2.45) is 0 Å². The highest BCUT2D eigenvalue weighted by atomic mass is 79.9. The minimum Gasteiger partial charge on any atom is -0.507 e. The number of likely N-dealkylation sites (N-methyl/N-ethyl adjacent to an activating group) is 1. The number of amides is 1. The normalized spacial score (nSPS) is 18.3. The first-order valence-corrected chi connectivity index (χ1v) is 10.4. The van der Waals surface area contributed by atoms with E-state index >= 15 is 0 Å². The second kappa shape index (κ2) is 9.20. The summed E-state index contributed by atoms with van der Waals surface area (Å²) < 4.78 is 5.96. The predicted octanol–water partition coefficient (Wildman–Crippen LogP) is 4.09. The summed E-state index contributed by atoms with van der Waals surface area (Å²) in [6, 6.07) is 11.4. The Kier molecular flexibility index (Phi) is 6.85. The number of Topliss-reactive ketones (excluding diaryl/α,β-unsaturated/α-hetero) is 1. The van der Waals surface area contributed by atoms with Gasteiger partial charge in [0, 0.05) is 23.1 Å². The number of rotatable bonds is 6. The van der Waals surface area contributed by atoms with Crippen LogP contribution < -0.4 is 4.74 Å². The number of hydrogen-bond acceptors (Lipinski definition) is 5. The van der Waals surface area contributed by atoms with E-state index in [1.54, 1.807) is 12.1 Å². The SMILES string of the molecule is COc1ccc(C(O)=C2C(=O)C(=O)N(CCN(C)C)C2c2cccc(Br)c2)cc1Cl. The number of carbonyl (C=O) groups excluding carboxylic acids is 2. The molecule has 6 nitrogen and oxygen atoms in total. The lowest BCUT2D eigenvalue weighted by molar-refractivity contribution is -0.140. The summed E-state index contributed by atoms with van der Waals surface area (Å²) in [6.07, 6.45) is 0. The summed E-state index contributed by atoms with van der Waals surface area (Å²) in [5, 5.41) is 11.3. The number of benzene rings is 2. The number of halogens is 2. The van der Waals surface area contributed by atoms with Gasteiger partial charge in [0.15, 0.2) is 0 Å². The van der Waals surface area contributed by atoms with E-state index in [9.17, 15) is 14.7 Å². The average molecular weight is 494 g/mol. The van der Waals surface area contributed by atoms with Crippen LogP contribution in [0.2, 0.25) is 5.02 Å². The zero-order chi connectivity index (χ0) is 22.0. The Morgan fingerprint density at radius 2 is 1.97 bits per heavy atom. The van der Waals surface area contributed by atoms with Gasteiger partial charge in [-0.3, -0.25) is 9.59 Å². The number of methoxy groups -OCH3 is 1. The maximum Gasteiger partial charge on any atom is 0.295 e. The van der Waals surface area contributed by atoms with Crippen LogP contribution in [0.1, 0.15) is 17.2 Å². The molecule has 0 radical (unpaired) electrons. The third kappa shape index (κ3) is 4.38. The van der Waals surface area contributed by atoms with E-state index in [0.29, 0.717) is 29.4 Å². The molecule has 8 heteroatoms. The highest BCUT2D eigenvalue weighted by Crippen LogP contribution is 2.40. The molecular formula is C22H22BrClN2O4. The van der Waals surface area contributed by atoms with Gasteiger partial charge in [0.25, 0.3) is 11.7 Å². The summed E-state index contributed by atoms with van der Waals surface area (Å²) in [5.41, 5.74) is 1.10. The van der Waals surface area contributed by atoms with Gasteiger partial charge in [-0.05, 0) is 50.0 Å². The Morgan fingerprint density at radius 1 is 1.23 bits per heavy atom. The fraction of sp³-hybridized carbons (Fsp3) is 0.273. The van der Waals surface area contributed by atoms with Crippen molar-refractivity contribution >= 4 is 45.0 Å². The molecule has 1 fully saturated rings. The number of ether oxygens (including phenoxy) is 1.